The first kappa shape index (κ1) is 8.05. The Morgan fingerprint density at radius 3 is 2.83 bits per heavy atom. The van der Waals surface area contributed by atoms with Gasteiger partial charge in [-0.2, -0.15) is 0 Å². The first-order chi connectivity index (χ1) is 5.76. The lowest BCUT2D eigenvalue weighted by atomic mass is 10.0. The van der Waals surface area contributed by atoms with Gasteiger partial charge in [0, 0.05) is 6.54 Å². The number of hydrogen-bond acceptors (Lipinski definition) is 2. The average Bonchev–Trinajstić information content (AvgIpc) is 2.74. The van der Waals surface area contributed by atoms with Crippen LogP contribution in [0.5, 0.6) is 0 Å². The van der Waals surface area contributed by atoms with Crippen LogP contribution in [0, 0.1) is 5.41 Å². The summed E-state index contributed by atoms with van der Waals surface area (Å²) in [6, 6.07) is 0. The molecule has 0 amide bonds. The third-order valence-electron chi connectivity index (χ3n) is 2.78. The summed E-state index contributed by atoms with van der Waals surface area (Å²) in [5, 5.41) is 8.00. The van der Waals surface area contributed by atoms with E-state index in [0.29, 0.717) is 10.7 Å². The van der Waals surface area contributed by atoms with Gasteiger partial charge >= 0.3 is 0 Å². The summed E-state index contributed by atoms with van der Waals surface area (Å²) in [7, 11) is 0. The van der Waals surface area contributed by atoms with Gasteiger partial charge in [-0.15, -0.1) is 10.2 Å². The molecule has 0 saturated heterocycles. The van der Waals surface area contributed by atoms with Gasteiger partial charge in [-0.25, -0.2) is 0 Å². The molecule has 0 aromatic carbocycles. The van der Waals surface area contributed by atoms with Gasteiger partial charge in [0.15, 0.2) is 0 Å². The predicted molar refractivity (Wildman–Crippen MR) is 47.0 cm³/mol. The maximum atomic E-state index is 5.82. The molecule has 0 unspecified atom stereocenters. The number of rotatable bonds is 3. The minimum atomic E-state index is 0.506. The minimum absolute atomic E-state index is 0.506. The highest BCUT2D eigenvalue weighted by molar-refractivity contribution is 6.28. The van der Waals surface area contributed by atoms with Crippen molar-refractivity contribution in [3.8, 4) is 0 Å². The fourth-order valence-electron chi connectivity index (χ4n) is 1.51. The molecule has 1 aromatic rings. The van der Waals surface area contributed by atoms with Gasteiger partial charge in [0.2, 0.25) is 5.28 Å². The molecule has 1 heterocycles. The molecule has 1 fully saturated rings. The molecule has 0 spiro atoms. The average molecular weight is 186 g/mol. The van der Waals surface area contributed by atoms with Gasteiger partial charge in [-0.05, 0) is 36.3 Å². The van der Waals surface area contributed by atoms with Crippen molar-refractivity contribution in [2.45, 2.75) is 32.7 Å². The number of hydrogen-bond donors (Lipinski definition) is 0. The van der Waals surface area contributed by atoms with E-state index in [4.69, 9.17) is 11.6 Å². The van der Waals surface area contributed by atoms with Crippen molar-refractivity contribution in [3.63, 3.8) is 0 Å². The van der Waals surface area contributed by atoms with E-state index in [1.165, 1.54) is 19.3 Å². The Bertz CT molecular complexity index is 278. The molecule has 66 valence electrons. The number of aromatic nitrogens is 3. The maximum Gasteiger partial charge on any atom is 0.224 e. The zero-order chi connectivity index (χ0) is 8.60. The van der Waals surface area contributed by atoms with Crippen LogP contribution >= 0.6 is 11.6 Å². The standard InChI is InChI=1S/C8H12ClN3/c1-2-8(3-4-8)5-12-6-10-11-7(12)9/h6H,2-5H2,1H3. The van der Waals surface area contributed by atoms with Crippen LogP contribution < -0.4 is 0 Å². The molecular weight excluding hydrogens is 174 g/mol. The predicted octanol–water partition coefficient (Wildman–Crippen LogP) is 2.12. The van der Waals surface area contributed by atoms with Gasteiger partial charge in [-0.3, -0.25) is 0 Å². The maximum absolute atomic E-state index is 5.82. The fourth-order valence-corrected chi connectivity index (χ4v) is 1.66. The summed E-state index contributed by atoms with van der Waals surface area (Å²) in [5.41, 5.74) is 0.506. The lowest BCUT2D eigenvalue weighted by molar-refractivity contribution is 0.408. The number of nitrogens with zero attached hydrogens (tertiary/aromatic N) is 3. The lowest BCUT2D eigenvalue weighted by Crippen LogP contribution is -2.09. The summed E-state index contributed by atoms with van der Waals surface area (Å²) in [4.78, 5) is 0. The molecule has 0 atom stereocenters. The Morgan fingerprint density at radius 1 is 1.67 bits per heavy atom. The third kappa shape index (κ3) is 1.33. The highest BCUT2D eigenvalue weighted by Crippen LogP contribution is 2.50. The Balaban J connectivity index is 2.08. The highest BCUT2D eigenvalue weighted by Gasteiger charge is 2.41. The molecule has 0 radical (unpaired) electrons. The van der Waals surface area contributed by atoms with Crippen LogP contribution in [0.3, 0.4) is 0 Å². The van der Waals surface area contributed by atoms with E-state index in [9.17, 15) is 0 Å². The fraction of sp³-hybridized carbons (Fsp3) is 0.750. The summed E-state index contributed by atoms with van der Waals surface area (Å²) < 4.78 is 1.93. The summed E-state index contributed by atoms with van der Waals surface area (Å²) in [6.45, 7) is 3.21. The van der Waals surface area contributed by atoms with E-state index in [2.05, 4.69) is 17.1 Å². The molecule has 2 rings (SSSR count). The third-order valence-corrected chi connectivity index (χ3v) is 3.07. The molecule has 3 nitrogen and oxygen atoms in total. The Kier molecular flexibility index (Phi) is 1.83. The molecule has 1 aliphatic carbocycles. The quantitative estimate of drug-likeness (QED) is 0.723. The summed E-state index contributed by atoms with van der Waals surface area (Å²) in [5.74, 6) is 0. The van der Waals surface area contributed by atoms with Crippen molar-refractivity contribution in [1.82, 2.24) is 14.8 Å². The summed E-state index contributed by atoms with van der Waals surface area (Å²) in [6.07, 6.45) is 5.57. The van der Waals surface area contributed by atoms with E-state index in [1.807, 2.05) is 4.57 Å². The van der Waals surface area contributed by atoms with E-state index in [0.717, 1.165) is 6.54 Å². The van der Waals surface area contributed by atoms with Gasteiger partial charge in [0.05, 0.1) is 0 Å². The normalized spacial score (nSPS) is 19.5. The van der Waals surface area contributed by atoms with E-state index in [-0.39, 0.29) is 0 Å². The second-order valence-corrected chi connectivity index (χ2v) is 3.92. The van der Waals surface area contributed by atoms with Gasteiger partial charge < -0.3 is 4.57 Å². The zero-order valence-electron chi connectivity index (χ0n) is 7.13. The monoisotopic (exact) mass is 185 g/mol. The second kappa shape index (κ2) is 2.73. The lowest BCUT2D eigenvalue weighted by Gasteiger charge is -2.12. The molecule has 1 aliphatic rings. The minimum Gasteiger partial charge on any atom is -0.304 e. The summed E-state index contributed by atoms with van der Waals surface area (Å²) >= 11 is 5.82. The first-order valence-electron chi connectivity index (χ1n) is 4.29. The molecule has 1 aromatic heterocycles. The van der Waals surface area contributed by atoms with Crippen LogP contribution in [0.4, 0.5) is 0 Å². The molecule has 1 saturated carbocycles. The topological polar surface area (TPSA) is 30.7 Å². The van der Waals surface area contributed by atoms with Crippen LogP contribution in [-0.4, -0.2) is 14.8 Å². The van der Waals surface area contributed by atoms with E-state index < -0.39 is 0 Å². The van der Waals surface area contributed by atoms with Crippen molar-refractivity contribution in [1.29, 1.82) is 0 Å². The molecule has 0 aliphatic heterocycles. The van der Waals surface area contributed by atoms with Crippen LogP contribution in [-0.2, 0) is 6.54 Å². The van der Waals surface area contributed by atoms with Crippen LogP contribution in [0.2, 0.25) is 5.28 Å². The van der Waals surface area contributed by atoms with Crippen molar-refractivity contribution in [2.24, 2.45) is 5.41 Å². The largest absolute Gasteiger partial charge is 0.304 e. The molecule has 0 N–H and O–H groups in total. The van der Waals surface area contributed by atoms with Gasteiger partial charge in [0.1, 0.15) is 6.33 Å². The van der Waals surface area contributed by atoms with Crippen molar-refractivity contribution < 1.29 is 0 Å². The molecular formula is C8H12ClN3. The van der Waals surface area contributed by atoms with Crippen molar-refractivity contribution in [3.05, 3.63) is 11.6 Å². The molecule has 0 bridgehead atoms. The van der Waals surface area contributed by atoms with E-state index >= 15 is 0 Å². The van der Waals surface area contributed by atoms with Crippen LogP contribution in [0.1, 0.15) is 26.2 Å². The van der Waals surface area contributed by atoms with Crippen molar-refractivity contribution >= 4 is 11.6 Å². The van der Waals surface area contributed by atoms with Gasteiger partial charge in [0.25, 0.3) is 0 Å². The Hall–Kier alpha value is -0.570. The first-order valence-corrected chi connectivity index (χ1v) is 4.67. The van der Waals surface area contributed by atoms with E-state index in [1.54, 1.807) is 6.33 Å². The zero-order valence-corrected chi connectivity index (χ0v) is 7.88. The molecule has 12 heavy (non-hydrogen) atoms. The number of halogens is 1. The Labute approximate surface area is 76.7 Å². The van der Waals surface area contributed by atoms with Gasteiger partial charge in [-0.1, -0.05) is 6.92 Å². The SMILES string of the molecule is CCC1(Cn2cnnc2Cl)CC1. The van der Waals surface area contributed by atoms with Crippen molar-refractivity contribution in [2.75, 3.05) is 0 Å². The molecule has 4 heteroatoms. The van der Waals surface area contributed by atoms with Crippen LogP contribution in [0.25, 0.3) is 0 Å². The smallest absolute Gasteiger partial charge is 0.224 e. The Morgan fingerprint density at radius 2 is 2.42 bits per heavy atom. The second-order valence-electron chi connectivity index (χ2n) is 3.58. The highest BCUT2D eigenvalue weighted by atomic mass is 35.5. The van der Waals surface area contributed by atoms with Crippen LogP contribution in [0.15, 0.2) is 6.33 Å².